The molecule has 0 N–H and O–H groups in total. The Labute approximate surface area is 84.9 Å². The van der Waals surface area contributed by atoms with Crippen LogP contribution in [-0.4, -0.2) is 7.85 Å². The highest BCUT2D eigenvalue weighted by molar-refractivity contribution is 6.15. The van der Waals surface area contributed by atoms with E-state index in [1.54, 1.807) is 0 Å². The first-order chi connectivity index (χ1) is 6.08. The van der Waals surface area contributed by atoms with Gasteiger partial charge in [0, 0.05) is 0 Å². The molecule has 0 bridgehead atoms. The molecule has 1 heteroatoms. The van der Waals surface area contributed by atoms with Gasteiger partial charge in [-0.05, 0) is 5.41 Å². The fourth-order valence-corrected chi connectivity index (χ4v) is 3.04. The van der Waals surface area contributed by atoms with E-state index < -0.39 is 0 Å². The lowest BCUT2D eigenvalue weighted by Gasteiger charge is -2.49. The van der Waals surface area contributed by atoms with Crippen molar-refractivity contribution in [3.8, 4) is 0 Å². The van der Waals surface area contributed by atoms with E-state index in [4.69, 9.17) is 0 Å². The SMILES string of the molecule is BC1(C(C)(CC)CC)CCCCC1. The Morgan fingerprint density at radius 1 is 1.08 bits per heavy atom. The Morgan fingerprint density at radius 2 is 1.54 bits per heavy atom. The van der Waals surface area contributed by atoms with Crippen LogP contribution >= 0.6 is 0 Å². The van der Waals surface area contributed by atoms with E-state index in [1.807, 2.05) is 0 Å². The van der Waals surface area contributed by atoms with Crippen molar-refractivity contribution in [3.05, 3.63) is 0 Å². The average molecular weight is 180 g/mol. The van der Waals surface area contributed by atoms with Crippen LogP contribution in [0.1, 0.15) is 65.7 Å². The summed E-state index contributed by atoms with van der Waals surface area (Å²) in [5.41, 5.74) is 0.591. The molecule has 0 atom stereocenters. The van der Waals surface area contributed by atoms with Gasteiger partial charge in [0.05, 0.1) is 0 Å². The molecule has 0 aromatic rings. The minimum atomic E-state index is 0.591. The Kier molecular flexibility index (Phi) is 3.48. The molecule has 0 nitrogen and oxygen atoms in total. The van der Waals surface area contributed by atoms with Crippen LogP contribution in [-0.2, 0) is 0 Å². The predicted molar refractivity (Wildman–Crippen MR) is 63.0 cm³/mol. The summed E-state index contributed by atoms with van der Waals surface area (Å²) < 4.78 is 0. The number of hydrogen-bond donors (Lipinski definition) is 0. The first kappa shape index (κ1) is 11.1. The van der Waals surface area contributed by atoms with Crippen molar-refractivity contribution in [2.75, 3.05) is 0 Å². The van der Waals surface area contributed by atoms with Gasteiger partial charge in [-0.3, -0.25) is 0 Å². The van der Waals surface area contributed by atoms with E-state index in [0.29, 0.717) is 10.7 Å². The monoisotopic (exact) mass is 180 g/mol. The van der Waals surface area contributed by atoms with Crippen molar-refractivity contribution >= 4 is 7.85 Å². The third-order valence-corrected chi connectivity index (χ3v) is 4.97. The van der Waals surface area contributed by atoms with Crippen LogP contribution in [0.5, 0.6) is 0 Å². The van der Waals surface area contributed by atoms with Crippen LogP contribution in [0.3, 0.4) is 0 Å². The van der Waals surface area contributed by atoms with Gasteiger partial charge in [-0.25, -0.2) is 0 Å². The summed E-state index contributed by atoms with van der Waals surface area (Å²) in [7, 11) is 2.53. The Bertz CT molecular complexity index is 153. The molecule has 76 valence electrons. The van der Waals surface area contributed by atoms with E-state index in [0.717, 1.165) is 0 Å². The van der Waals surface area contributed by atoms with Crippen molar-refractivity contribution in [2.45, 2.75) is 71.0 Å². The van der Waals surface area contributed by atoms with Gasteiger partial charge in [-0.2, -0.15) is 0 Å². The summed E-state index contributed by atoms with van der Waals surface area (Å²) in [4.78, 5) is 0. The first-order valence-electron chi connectivity index (χ1n) is 6.08. The van der Waals surface area contributed by atoms with Crippen LogP contribution in [0.4, 0.5) is 0 Å². The van der Waals surface area contributed by atoms with Crippen molar-refractivity contribution in [1.82, 2.24) is 0 Å². The van der Waals surface area contributed by atoms with Gasteiger partial charge in [0.1, 0.15) is 7.85 Å². The Balaban J connectivity index is 2.74. The van der Waals surface area contributed by atoms with Crippen molar-refractivity contribution in [3.63, 3.8) is 0 Å². The van der Waals surface area contributed by atoms with Gasteiger partial charge < -0.3 is 0 Å². The molecular formula is C12H25B. The lowest BCUT2D eigenvalue weighted by Crippen LogP contribution is -2.35. The molecule has 0 aromatic heterocycles. The van der Waals surface area contributed by atoms with Crippen molar-refractivity contribution in [2.24, 2.45) is 5.41 Å². The molecule has 0 saturated heterocycles. The van der Waals surface area contributed by atoms with E-state index in [-0.39, 0.29) is 0 Å². The largest absolute Gasteiger partial charge is 0.110 e. The van der Waals surface area contributed by atoms with Gasteiger partial charge in [0.25, 0.3) is 0 Å². The van der Waals surface area contributed by atoms with Gasteiger partial charge in [0.2, 0.25) is 0 Å². The minimum Gasteiger partial charge on any atom is -0.0649 e. The van der Waals surface area contributed by atoms with Gasteiger partial charge in [-0.15, -0.1) is 0 Å². The highest BCUT2D eigenvalue weighted by atomic mass is 14.4. The third-order valence-electron chi connectivity index (χ3n) is 4.97. The Hall–Kier alpha value is 0.0649. The van der Waals surface area contributed by atoms with Gasteiger partial charge >= 0.3 is 0 Å². The maximum absolute atomic E-state index is 2.53. The first-order valence-corrected chi connectivity index (χ1v) is 6.08. The zero-order valence-electron chi connectivity index (χ0n) is 9.95. The van der Waals surface area contributed by atoms with E-state index in [9.17, 15) is 0 Å². The summed E-state index contributed by atoms with van der Waals surface area (Å²) in [6.45, 7) is 7.23. The lowest BCUT2D eigenvalue weighted by molar-refractivity contribution is 0.143. The molecule has 0 spiro atoms. The van der Waals surface area contributed by atoms with Crippen LogP contribution < -0.4 is 0 Å². The van der Waals surface area contributed by atoms with Crippen molar-refractivity contribution < 1.29 is 0 Å². The molecule has 1 fully saturated rings. The second kappa shape index (κ2) is 4.06. The fourth-order valence-electron chi connectivity index (χ4n) is 3.04. The maximum atomic E-state index is 2.53. The smallest absolute Gasteiger partial charge is 0.0649 e. The normalized spacial score (nSPS) is 23.0. The molecule has 0 radical (unpaired) electrons. The van der Waals surface area contributed by atoms with E-state index in [1.165, 1.54) is 44.9 Å². The molecule has 1 aliphatic rings. The Morgan fingerprint density at radius 3 is 1.92 bits per heavy atom. The van der Waals surface area contributed by atoms with Crippen molar-refractivity contribution in [1.29, 1.82) is 0 Å². The lowest BCUT2D eigenvalue weighted by atomic mass is 9.46. The second-order valence-electron chi connectivity index (χ2n) is 5.39. The fraction of sp³-hybridized carbons (Fsp3) is 1.00. The highest BCUT2D eigenvalue weighted by Crippen LogP contribution is 2.56. The molecule has 13 heavy (non-hydrogen) atoms. The molecule has 0 aromatic carbocycles. The molecule has 0 aliphatic heterocycles. The molecule has 0 heterocycles. The number of rotatable bonds is 3. The van der Waals surface area contributed by atoms with Gasteiger partial charge in [0.15, 0.2) is 0 Å². The number of hydrogen-bond acceptors (Lipinski definition) is 0. The second-order valence-corrected chi connectivity index (χ2v) is 5.39. The highest BCUT2D eigenvalue weighted by Gasteiger charge is 2.41. The zero-order chi connectivity index (χ0) is 9.95. The molecule has 0 unspecified atom stereocenters. The third kappa shape index (κ3) is 1.95. The topological polar surface area (TPSA) is 0 Å². The summed E-state index contributed by atoms with van der Waals surface area (Å²) >= 11 is 0. The quantitative estimate of drug-likeness (QED) is 0.582. The van der Waals surface area contributed by atoms with E-state index >= 15 is 0 Å². The average Bonchev–Trinajstić information content (AvgIpc) is 2.17. The summed E-state index contributed by atoms with van der Waals surface area (Å²) in [6.07, 6.45) is 10.0. The van der Waals surface area contributed by atoms with Crippen LogP contribution in [0.25, 0.3) is 0 Å². The van der Waals surface area contributed by atoms with Crippen LogP contribution in [0.2, 0.25) is 5.31 Å². The maximum Gasteiger partial charge on any atom is 0.110 e. The predicted octanol–water partition coefficient (Wildman–Crippen LogP) is 3.57. The minimum absolute atomic E-state index is 0.591. The molecule has 1 rings (SSSR count). The zero-order valence-corrected chi connectivity index (χ0v) is 9.95. The van der Waals surface area contributed by atoms with Crippen LogP contribution in [0, 0.1) is 5.41 Å². The molecule has 1 aliphatic carbocycles. The van der Waals surface area contributed by atoms with Crippen LogP contribution in [0.15, 0.2) is 0 Å². The molecule has 1 saturated carbocycles. The standard InChI is InChI=1S/C12H25B/c1-4-11(3,5-2)12(13)9-7-6-8-10-12/h4-10,13H2,1-3H3. The summed E-state index contributed by atoms with van der Waals surface area (Å²) in [5, 5.41) is 0.634. The summed E-state index contributed by atoms with van der Waals surface area (Å²) in [6, 6.07) is 0. The van der Waals surface area contributed by atoms with Gasteiger partial charge in [-0.1, -0.05) is 71.0 Å². The van der Waals surface area contributed by atoms with E-state index in [2.05, 4.69) is 28.6 Å². The molecule has 0 amide bonds. The molecular weight excluding hydrogens is 155 g/mol. The summed E-state index contributed by atoms with van der Waals surface area (Å²) in [5.74, 6) is 0.